The Bertz CT molecular complexity index is 281. The monoisotopic (exact) mass is 212 g/mol. The molecule has 0 unspecified atom stereocenters. The SMILES string of the molecule is CC=C(N)c1cncc(Br)c1. The summed E-state index contributed by atoms with van der Waals surface area (Å²) in [6, 6.07) is 1.93. The molecule has 0 aliphatic rings. The molecule has 0 fully saturated rings. The summed E-state index contributed by atoms with van der Waals surface area (Å²) in [7, 11) is 0. The van der Waals surface area contributed by atoms with E-state index in [1.807, 2.05) is 19.1 Å². The lowest BCUT2D eigenvalue weighted by atomic mass is 10.2. The Morgan fingerprint density at radius 2 is 2.36 bits per heavy atom. The third-order valence-corrected chi connectivity index (χ3v) is 1.78. The number of nitrogens with zero attached hydrogens (tertiary/aromatic N) is 1. The summed E-state index contributed by atoms with van der Waals surface area (Å²) in [5, 5.41) is 0. The summed E-state index contributed by atoms with van der Waals surface area (Å²) < 4.78 is 0.944. The van der Waals surface area contributed by atoms with Gasteiger partial charge in [-0.25, -0.2) is 0 Å². The highest BCUT2D eigenvalue weighted by Gasteiger charge is 1.95. The number of aromatic nitrogens is 1. The zero-order valence-electron chi connectivity index (χ0n) is 6.21. The predicted molar refractivity (Wildman–Crippen MR) is 49.8 cm³/mol. The fourth-order valence-electron chi connectivity index (χ4n) is 0.736. The van der Waals surface area contributed by atoms with Gasteiger partial charge in [-0.1, -0.05) is 6.08 Å². The van der Waals surface area contributed by atoms with Gasteiger partial charge < -0.3 is 5.73 Å². The van der Waals surface area contributed by atoms with Gasteiger partial charge in [-0.2, -0.15) is 0 Å². The molecule has 0 amide bonds. The average Bonchev–Trinajstić information content (AvgIpc) is 2.03. The van der Waals surface area contributed by atoms with Crippen LogP contribution in [0.3, 0.4) is 0 Å². The fourth-order valence-corrected chi connectivity index (χ4v) is 1.10. The molecule has 2 nitrogen and oxygen atoms in total. The molecule has 0 aliphatic heterocycles. The van der Waals surface area contributed by atoms with Gasteiger partial charge in [-0.15, -0.1) is 0 Å². The van der Waals surface area contributed by atoms with E-state index in [2.05, 4.69) is 20.9 Å². The number of nitrogens with two attached hydrogens (primary N) is 1. The molecule has 58 valence electrons. The van der Waals surface area contributed by atoms with Gasteiger partial charge in [0, 0.05) is 28.1 Å². The molecular formula is C8H9BrN2. The summed E-state index contributed by atoms with van der Waals surface area (Å²) in [5.41, 5.74) is 7.36. The average molecular weight is 213 g/mol. The van der Waals surface area contributed by atoms with E-state index in [1.54, 1.807) is 12.4 Å². The number of allylic oxidation sites excluding steroid dienone is 1. The highest BCUT2D eigenvalue weighted by molar-refractivity contribution is 9.10. The molecule has 0 saturated carbocycles. The predicted octanol–water partition coefficient (Wildman–Crippen LogP) is 2.16. The summed E-state index contributed by atoms with van der Waals surface area (Å²) in [6.45, 7) is 1.90. The molecular weight excluding hydrogens is 204 g/mol. The van der Waals surface area contributed by atoms with Gasteiger partial charge in [0.2, 0.25) is 0 Å². The first kappa shape index (κ1) is 8.27. The van der Waals surface area contributed by atoms with Crippen molar-refractivity contribution in [1.29, 1.82) is 0 Å². The zero-order chi connectivity index (χ0) is 8.27. The molecule has 1 heterocycles. The lowest BCUT2D eigenvalue weighted by molar-refractivity contribution is 1.28. The van der Waals surface area contributed by atoms with Gasteiger partial charge in [-0.05, 0) is 28.9 Å². The summed E-state index contributed by atoms with van der Waals surface area (Å²) in [4.78, 5) is 3.99. The molecule has 0 spiro atoms. The van der Waals surface area contributed by atoms with Crippen molar-refractivity contribution < 1.29 is 0 Å². The Morgan fingerprint density at radius 3 is 2.91 bits per heavy atom. The summed E-state index contributed by atoms with van der Waals surface area (Å²) in [5.74, 6) is 0. The summed E-state index contributed by atoms with van der Waals surface area (Å²) >= 11 is 3.31. The van der Waals surface area contributed by atoms with Crippen LogP contribution < -0.4 is 5.73 Å². The Labute approximate surface area is 74.3 Å². The molecule has 0 bridgehead atoms. The van der Waals surface area contributed by atoms with Gasteiger partial charge in [-0.3, -0.25) is 4.98 Å². The first-order chi connectivity index (χ1) is 5.24. The van der Waals surface area contributed by atoms with Crippen molar-refractivity contribution >= 4 is 21.6 Å². The molecule has 3 heteroatoms. The molecule has 1 aromatic rings. The zero-order valence-corrected chi connectivity index (χ0v) is 7.80. The lowest BCUT2D eigenvalue weighted by Gasteiger charge is -1.99. The highest BCUT2D eigenvalue weighted by Crippen LogP contribution is 2.13. The van der Waals surface area contributed by atoms with E-state index in [4.69, 9.17) is 5.73 Å². The van der Waals surface area contributed by atoms with Crippen molar-refractivity contribution in [3.63, 3.8) is 0 Å². The molecule has 0 atom stereocenters. The standard InChI is InChI=1S/C8H9BrN2/c1-2-8(10)6-3-7(9)5-11-4-6/h2-5H,10H2,1H3. The van der Waals surface area contributed by atoms with Crippen LogP contribution in [0.5, 0.6) is 0 Å². The van der Waals surface area contributed by atoms with Crippen LogP contribution >= 0.6 is 15.9 Å². The number of hydrogen-bond donors (Lipinski definition) is 1. The van der Waals surface area contributed by atoms with Crippen LogP contribution in [0, 0.1) is 0 Å². The Balaban J connectivity index is 3.06. The molecule has 0 saturated heterocycles. The van der Waals surface area contributed by atoms with Crippen molar-refractivity contribution in [2.45, 2.75) is 6.92 Å². The van der Waals surface area contributed by atoms with Gasteiger partial charge in [0.1, 0.15) is 0 Å². The number of rotatable bonds is 1. The normalized spacial score (nSPS) is 11.6. The van der Waals surface area contributed by atoms with Crippen LogP contribution in [0.15, 0.2) is 29.0 Å². The van der Waals surface area contributed by atoms with Crippen LogP contribution in [0.4, 0.5) is 0 Å². The van der Waals surface area contributed by atoms with E-state index in [1.165, 1.54) is 0 Å². The van der Waals surface area contributed by atoms with E-state index in [-0.39, 0.29) is 0 Å². The molecule has 2 N–H and O–H groups in total. The molecule has 0 radical (unpaired) electrons. The number of hydrogen-bond acceptors (Lipinski definition) is 2. The van der Waals surface area contributed by atoms with Crippen molar-refractivity contribution in [2.24, 2.45) is 5.73 Å². The maximum atomic E-state index is 5.66. The number of halogens is 1. The fraction of sp³-hybridized carbons (Fsp3) is 0.125. The van der Waals surface area contributed by atoms with E-state index in [9.17, 15) is 0 Å². The van der Waals surface area contributed by atoms with E-state index in [0.717, 1.165) is 15.7 Å². The van der Waals surface area contributed by atoms with Crippen LogP contribution in [0.1, 0.15) is 12.5 Å². The molecule has 1 aromatic heterocycles. The minimum Gasteiger partial charge on any atom is -0.398 e. The molecule has 0 aromatic carbocycles. The highest BCUT2D eigenvalue weighted by atomic mass is 79.9. The van der Waals surface area contributed by atoms with E-state index >= 15 is 0 Å². The molecule has 11 heavy (non-hydrogen) atoms. The van der Waals surface area contributed by atoms with Crippen LogP contribution in [-0.4, -0.2) is 4.98 Å². The Morgan fingerprint density at radius 1 is 1.64 bits per heavy atom. The van der Waals surface area contributed by atoms with Crippen molar-refractivity contribution in [3.8, 4) is 0 Å². The van der Waals surface area contributed by atoms with Gasteiger partial charge in [0.25, 0.3) is 0 Å². The largest absolute Gasteiger partial charge is 0.398 e. The smallest absolute Gasteiger partial charge is 0.0410 e. The van der Waals surface area contributed by atoms with Crippen molar-refractivity contribution in [3.05, 3.63) is 34.6 Å². The third-order valence-electron chi connectivity index (χ3n) is 1.35. The number of pyridine rings is 1. The third kappa shape index (κ3) is 2.05. The minimum atomic E-state index is 0.749. The first-order valence-corrected chi connectivity index (χ1v) is 4.06. The van der Waals surface area contributed by atoms with Crippen LogP contribution in [0.25, 0.3) is 5.70 Å². The second-order valence-corrected chi connectivity index (χ2v) is 3.05. The Kier molecular flexibility index (Phi) is 2.65. The van der Waals surface area contributed by atoms with E-state index in [0.29, 0.717) is 0 Å². The van der Waals surface area contributed by atoms with E-state index < -0.39 is 0 Å². The van der Waals surface area contributed by atoms with Gasteiger partial charge >= 0.3 is 0 Å². The lowest BCUT2D eigenvalue weighted by Crippen LogP contribution is -1.95. The minimum absolute atomic E-state index is 0.749. The van der Waals surface area contributed by atoms with Crippen LogP contribution in [0.2, 0.25) is 0 Å². The first-order valence-electron chi connectivity index (χ1n) is 3.26. The van der Waals surface area contributed by atoms with Crippen molar-refractivity contribution in [1.82, 2.24) is 4.98 Å². The van der Waals surface area contributed by atoms with Crippen molar-refractivity contribution in [2.75, 3.05) is 0 Å². The molecule has 0 aliphatic carbocycles. The van der Waals surface area contributed by atoms with Crippen LogP contribution in [-0.2, 0) is 0 Å². The van der Waals surface area contributed by atoms with Gasteiger partial charge in [0.15, 0.2) is 0 Å². The second kappa shape index (κ2) is 3.53. The summed E-state index contributed by atoms with van der Waals surface area (Å²) in [6.07, 6.45) is 5.32. The Hall–Kier alpha value is -0.830. The molecule has 1 rings (SSSR count). The maximum Gasteiger partial charge on any atom is 0.0410 e. The second-order valence-electron chi connectivity index (χ2n) is 2.14. The quantitative estimate of drug-likeness (QED) is 0.776. The topological polar surface area (TPSA) is 38.9 Å². The van der Waals surface area contributed by atoms with Gasteiger partial charge in [0.05, 0.1) is 0 Å². The maximum absolute atomic E-state index is 5.66.